The molecule has 3 rings (SSSR count). The van der Waals surface area contributed by atoms with Gasteiger partial charge in [-0.15, -0.1) is 0 Å². The average Bonchev–Trinajstić information content (AvgIpc) is 2.73. The summed E-state index contributed by atoms with van der Waals surface area (Å²) in [5.74, 6) is 0.518. The lowest BCUT2D eigenvalue weighted by Crippen LogP contribution is -2.50. The molecule has 1 heterocycles. The Morgan fingerprint density at radius 2 is 1.75 bits per heavy atom. The highest BCUT2D eigenvalue weighted by molar-refractivity contribution is 9.10. The van der Waals surface area contributed by atoms with Crippen LogP contribution >= 0.6 is 15.9 Å². The molecule has 1 saturated heterocycles. The summed E-state index contributed by atoms with van der Waals surface area (Å²) in [4.78, 5) is 14.4. The molecule has 2 aromatic rings. The number of benzene rings is 2. The summed E-state index contributed by atoms with van der Waals surface area (Å²) >= 11 is 3.41. The van der Waals surface area contributed by atoms with Gasteiger partial charge in [-0.3, -0.25) is 4.79 Å². The van der Waals surface area contributed by atoms with Crippen LogP contribution < -0.4 is 4.74 Å². The van der Waals surface area contributed by atoms with E-state index in [0.717, 1.165) is 10.0 Å². The number of amides is 1. The molecule has 0 unspecified atom stereocenters. The van der Waals surface area contributed by atoms with Crippen molar-refractivity contribution < 1.29 is 17.9 Å². The van der Waals surface area contributed by atoms with Crippen LogP contribution in [0, 0.1) is 0 Å². The normalized spacial score (nSPS) is 15.7. The lowest BCUT2D eigenvalue weighted by atomic mass is 10.2. The monoisotopic (exact) mass is 464 g/mol. The Bertz CT molecular complexity index is 969. The fourth-order valence-corrected chi connectivity index (χ4v) is 4.81. The molecular formula is C20H21BrN2O4S. The van der Waals surface area contributed by atoms with Gasteiger partial charge in [0.2, 0.25) is 15.9 Å². The highest BCUT2D eigenvalue weighted by atomic mass is 79.9. The lowest BCUT2D eigenvalue weighted by molar-refractivity contribution is -0.127. The quantitative estimate of drug-likeness (QED) is 0.637. The molecule has 0 radical (unpaired) electrons. The van der Waals surface area contributed by atoms with E-state index in [1.807, 2.05) is 18.2 Å². The molecule has 1 fully saturated rings. The summed E-state index contributed by atoms with van der Waals surface area (Å²) in [6, 6.07) is 13.9. The van der Waals surface area contributed by atoms with Gasteiger partial charge in [0, 0.05) is 42.3 Å². The average molecular weight is 465 g/mol. The molecular weight excluding hydrogens is 444 g/mol. The fourth-order valence-electron chi connectivity index (χ4n) is 2.99. The predicted molar refractivity (Wildman–Crippen MR) is 112 cm³/mol. The van der Waals surface area contributed by atoms with E-state index < -0.39 is 10.0 Å². The van der Waals surface area contributed by atoms with Crippen LogP contribution in [0.5, 0.6) is 5.75 Å². The third kappa shape index (κ3) is 4.63. The summed E-state index contributed by atoms with van der Waals surface area (Å²) in [6.07, 6.45) is 3.20. The molecule has 1 amide bonds. The third-order valence-corrected chi connectivity index (χ3v) is 6.93. The van der Waals surface area contributed by atoms with Crippen LogP contribution in [0.1, 0.15) is 5.56 Å². The van der Waals surface area contributed by atoms with Gasteiger partial charge in [-0.2, -0.15) is 4.31 Å². The van der Waals surface area contributed by atoms with E-state index in [9.17, 15) is 13.2 Å². The Balaban J connectivity index is 1.64. The zero-order valence-electron chi connectivity index (χ0n) is 15.4. The van der Waals surface area contributed by atoms with Gasteiger partial charge in [0.25, 0.3) is 0 Å². The number of nitrogens with zero attached hydrogens (tertiary/aromatic N) is 2. The Morgan fingerprint density at radius 1 is 1.07 bits per heavy atom. The maximum absolute atomic E-state index is 12.7. The first-order valence-electron chi connectivity index (χ1n) is 8.77. The molecule has 0 aromatic heterocycles. The van der Waals surface area contributed by atoms with Crippen molar-refractivity contribution in [1.82, 2.24) is 9.21 Å². The Morgan fingerprint density at radius 3 is 2.39 bits per heavy atom. The topological polar surface area (TPSA) is 66.9 Å². The summed E-state index contributed by atoms with van der Waals surface area (Å²) in [6.45, 7) is 1.25. The largest absolute Gasteiger partial charge is 0.496 e. The van der Waals surface area contributed by atoms with E-state index in [-0.39, 0.29) is 23.9 Å². The van der Waals surface area contributed by atoms with E-state index >= 15 is 0 Å². The summed E-state index contributed by atoms with van der Waals surface area (Å²) < 4.78 is 32.9. The molecule has 28 heavy (non-hydrogen) atoms. The second-order valence-corrected chi connectivity index (χ2v) is 9.12. The van der Waals surface area contributed by atoms with Crippen molar-refractivity contribution in [3.63, 3.8) is 0 Å². The highest BCUT2D eigenvalue weighted by Crippen LogP contribution is 2.24. The van der Waals surface area contributed by atoms with Gasteiger partial charge in [-0.05, 0) is 36.4 Å². The first-order chi connectivity index (χ1) is 13.4. The number of piperazine rings is 1. The van der Waals surface area contributed by atoms with Crippen LogP contribution in [0.25, 0.3) is 6.08 Å². The molecule has 148 valence electrons. The molecule has 0 N–H and O–H groups in total. The predicted octanol–water partition coefficient (Wildman–Crippen LogP) is 3.00. The van der Waals surface area contributed by atoms with Crippen molar-refractivity contribution >= 4 is 37.9 Å². The Labute approximate surface area is 173 Å². The Hall–Kier alpha value is -2.16. The first-order valence-corrected chi connectivity index (χ1v) is 11.0. The van der Waals surface area contributed by atoms with Crippen molar-refractivity contribution in [3.05, 3.63) is 64.6 Å². The number of carbonyl (C=O) groups excluding carboxylic acids is 1. The van der Waals surface area contributed by atoms with E-state index in [1.54, 1.807) is 48.4 Å². The Kier molecular flexibility index (Phi) is 6.53. The number of hydrogen-bond donors (Lipinski definition) is 0. The van der Waals surface area contributed by atoms with Crippen LogP contribution in [0.4, 0.5) is 0 Å². The van der Waals surface area contributed by atoms with Gasteiger partial charge in [0.05, 0.1) is 12.0 Å². The number of carbonyl (C=O) groups is 1. The molecule has 0 bridgehead atoms. The number of sulfonamides is 1. The second kappa shape index (κ2) is 8.89. The number of methoxy groups -OCH3 is 1. The molecule has 1 aliphatic heterocycles. The lowest BCUT2D eigenvalue weighted by Gasteiger charge is -2.33. The van der Waals surface area contributed by atoms with Crippen molar-refractivity contribution in [2.45, 2.75) is 4.90 Å². The van der Waals surface area contributed by atoms with Crippen molar-refractivity contribution in [1.29, 1.82) is 0 Å². The molecule has 6 nitrogen and oxygen atoms in total. The molecule has 0 atom stereocenters. The van der Waals surface area contributed by atoms with Gasteiger partial charge < -0.3 is 9.64 Å². The summed E-state index contributed by atoms with van der Waals surface area (Å²) in [5.41, 5.74) is 0.788. The molecule has 1 aliphatic rings. The van der Waals surface area contributed by atoms with Crippen LogP contribution in [0.2, 0.25) is 0 Å². The van der Waals surface area contributed by atoms with Gasteiger partial charge >= 0.3 is 0 Å². The molecule has 2 aromatic carbocycles. The number of ether oxygens (including phenoxy) is 1. The van der Waals surface area contributed by atoms with E-state index in [4.69, 9.17) is 4.74 Å². The van der Waals surface area contributed by atoms with Crippen LogP contribution in [0.3, 0.4) is 0 Å². The molecule has 0 saturated carbocycles. The van der Waals surface area contributed by atoms with Crippen LogP contribution in [0.15, 0.2) is 64.0 Å². The van der Waals surface area contributed by atoms with Gasteiger partial charge in [0.1, 0.15) is 5.75 Å². The van der Waals surface area contributed by atoms with Crippen LogP contribution in [-0.2, 0) is 14.8 Å². The van der Waals surface area contributed by atoms with Crippen molar-refractivity contribution in [3.8, 4) is 5.75 Å². The fraction of sp³-hybridized carbons (Fsp3) is 0.250. The van der Waals surface area contributed by atoms with E-state index in [1.165, 1.54) is 10.4 Å². The van der Waals surface area contributed by atoms with Crippen molar-refractivity contribution in [2.75, 3.05) is 33.3 Å². The summed E-state index contributed by atoms with van der Waals surface area (Å²) in [7, 11) is -1.95. The zero-order valence-corrected chi connectivity index (χ0v) is 17.8. The minimum absolute atomic E-state index is 0.154. The maximum atomic E-state index is 12.7. The standard InChI is InChI=1S/C20H21BrN2O4S/c1-27-19-9-8-17(21)15-16(19)7-10-20(24)22-11-13-23(14-12-22)28(25,26)18-5-3-2-4-6-18/h2-10,15H,11-14H2,1H3/b10-7+. The smallest absolute Gasteiger partial charge is 0.246 e. The molecule has 0 aliphatic carbocycles. The summed E-state index contributed by atoms with van der Waals surface area (Å²) in [5, 5.41) is 0. The number of halogens is 1. The van der Waals surface area contributed by atoms with Gasteiger partial charge in [-0.25, -0.2) is 8.42 Å². The SMILES string of the molecule is COc1ccc(Br)cc1/C=C/C(=O)N1CCN(S(=O)(=O)c2ccccc2)CC1. The molecule has 8 heteroatoms. The maximum Gasteiger partial charge on any atom is 0.246 e. The zero-order chi connectivity index (χ0) is 20.1. The first kappa shape index (κ1) is 20.6. The highest BCUT2D eigenvalue weighted by Gasteiger charge is 2.29. The number of hydrogen-bond acceptors (Lipinski definition) is 4. The van der Waals surface area contributed by atoms with Crippen LogP contribution in [-0.4, -0.2) is 56.8 Å². The minimum Gasteiger partial charge on any atom is -0.496 e. The third-order valence-electron chi connectivity index (χ3n) is 4.53. The molecule has 0 spiro atoms. The minimum atomic E-state index is -3.52. The number of rotatable bonds is 5. The van der Waals surface area contributed by atoms with Gasteiger partial charge in [0.15, 0.2) is 0 Å². The second-order valence-electron chi connectivity index (χ2n) is 6.26. The van der Waals surface area contributed by atoms with E-state index in [2.05, 4.69) is 15.9 Å². The van der Waals surface area contributed by atoms with E-state index in [0.29, 0.717) is 18.8 Å². The van der Waals surface area contributed by atoms with Gasteiger partial charge in [-0.1, -0.05) is 34.1 Å². The van der Waals surface area contributed by atoms with Crippen molar-refractivity contribution in [2.24, 2.45) is 0 Å².